The first-order valence-electron chi connectivity index (χ1n) is 8.92. The number of ether oxygens (including phenoxy) is 2. The molecule has 1 aliphatic rings. The van der Waals surface area contributed by atoms with Crippen LogP contribution in [0.4, 0.5) is 8.78 Å². The molecule has 7 nitrogen and oxygen atoms in total. The van der Waals surface area contributed by atoms with Crippen LogP contribution in [0, 0.1) is 0 Å². The molecule has 0 spiro atoms. The number of allylic oxidation sites excluding steroid dienone is 2. The minimum Gasteiger partial charge on any atom is -0.493 e. The predicted molar refractivity (Wildman–Crippen MR) is 107 cm³/mol. The van der Waals surface area contributed by atoms with E-state index in [1.165, 1.54) is 0 Å². The first-order valence-corrected chi connectivity index (χ1v) is 10.8. The van der Waals surface area contributed by atoms with E-state index < -0.39 is 27.1 Å². The molecule has 0 bridgehead atoms. The lowest BCUT2D eigenvalue weighted by molar-refractivity contribution is 0.145. The molecule has 0 saturated carbocycles. The van der Waals surface area contributed by atoms with Gasteiger partial charge in [0.25, 0.3) is 6.43 Å². The zero-order valence-corrected chi connectivity index (χ0v) is 17.5. The van der Waals surface area contributed by atoms with Crippen LogP contribution in [-0.4, -0.2) is 50.3 Å². The van der Waals surface area contributed by atoms with Gasteiger partial charge in [0.05, 0.1) is 19.9 Å². The van der Waals surface area contributed by atoms with Gasteiger partial charge in [0.1, 0.15) is 5.69 Å². The zero-order valence-electron chi connectivity index (χ0n) is 16.7. The van der Waals surface area contributed by atoms with Crippen LogP contribution in [0.5, 0.6) is 11.5 Å². The van der Waals surface area contributed by atoms with Crippen molar-refractivity contribution in [3.05, 3.63) is 59.6 Å². The Bertz CT molecular complexity index is 1100. The maximum atomic E-state index is 13.2. The number of benzene rings is 1. The smallest absolute Gasteiger partial charge is 0.280 e. The summed E-state index contributed by atoms with van der Waals surface area (Å²) in [5.74, 6) is 1.21. The van der Waals surface area contributed by atoms with Crippen LogP contribution in [0.1, 0.15) is 23.4 Å². The SMILES string of the molecule is COc1ccc(CN2C=C(c3cc(C(F)F)nc(S(C)(=O)=O)n3)C=CC2)cc1OC. The van der Waals surface area contributed by atoms with Gasteiger partial charge in [-0.3, -0.25) is 0 Å². The Morgan fingerprint density at radius 3 is 2.50 bits per heavy atom. The molecule has 1 aromatic heterocycles. The van der Waals surface area contributed by atoms with Crippen LogP contribution in [-0.2, 0) is 16.4 Å². The Morgan fingerprint density at radius 2 is 1.87 bits per heavy atom. The average Bonchev–Trinajstić information content (AvgIpc) is 2.72. The lowest BCUT2D eigenvalue weighted by Crippen LogP contribution is -2.20. The molecule has 0 atom stereocenters. The molecular weight excluding hydrogens is 416 g/mol. The summed E-state index contributed by atoms with van der Waals surface area (Å²) in [6, 6.07) is 6.66. The number of hydrogen-bond acceptors (Lipinski definition) is 7. The molecule has 0 fully saturated rings. The van der Waals surface area contributed by atoms with Gasteiger partial charge in [-0.15, -0.1) is 0 Å². The van der Waals surface area contributed by atoms with Gasteiger partial charge in [-0.05, 0) is 23.8 Å². The fourth-order valence-corrected chi connectivity index (χ4v) is 3.49. The number of alkyl halides is 2. The van der Waals surface area contributed by atoms with E-state index >= 15 is 0 Å². The van der Waals surface area contributed by atoms with Crippen molar-refractivity contribution in [3.8, 4) is 11.5 Å². The fourth-order valence-electron chi connectivity index (χ4n) is 2.95. The van der Waals surface area contributed by atoms with Crippen molar-refractivity contribution in [2.24, 2.45) is 0 Å². The molecule has 0 amide bonds. The van der Waals surface area contributed by atoms with Crippen LogP contribution < -0.4 is 9.47 Å². The Labute approximate surface area is 173 Å². The summed E-state index contributed by atoms with van der Waals surface area (Å²) in [4.78, 5) is 9.41. The van der Waals surface area contributed by atoms with Crippen molar-refractivity contribution >= 4 is 15.4 Å². The second kappa shape index (κ2) is 8.78. The highest BCUT2D eigenvalue weighted by atomic mass is 32.2. The quantitative estimate of drug-likeness (QED) is 0.615. The molecule has 0 aliphatic carbocycles. The molecule has 0 saturated heterocycles. The highest BCUT2D eigenvalue weighted by Gasteiger charge is 2.20. The van der Waals surface area contributed by atoms with E-state index in [9.17, 15) is 17.2 Å². The van der Waals surface area contributed by atoms with Crippen molar-refractivity contribution < 1.29 is 26.7 Å². The van der Waals surface area contributed by atoms with Crippen molar-refractivity contribution in [2.45, 2.75) is 18.1 Å². The number of methoxy groups -OCH3 is 2. The maximum Gasteiger partial charge on any atom is 0.280 e. The zero-order chi connectivity index (χ0) is 21.9. The summed E-state index contributed by atoms with van der Waals surface area (Å²) in [5, 5.41) is -0.624. The van der Waals surface area contributed by atoms with Crippen molar-refractivity contribution in [1.29, 1.82) is 0 Å². The number of sulfone groups is 1. The fraction of sp³-hybridized carbons (Fsp3) is 0.300. The molecule has 2 heterocycles. The van der Waals surface area contributed by atoms with E-state index in [1.54, 1.807) is 32.6 Å². The summed E-state index contributed by atoms with van der Waals surface area (Å²) < 4.78 is 60.6. The van der Waals surface area contributed by atoms with Crippen LogP contribution in [0.15, 0.2) is 47.8 Å². The molecule has 0 unspecified atom stereocenters. The highest BCUT2D eigenvalue weighted by Crippen LogP contribution is 2.29. The van der Waals surface area contributed by atoms with E-state index in [0.29, 0.717) is 30.2 Å². The third kappa shape index (κ3) is 4.93. The Hall–Kier alpha value is -3.01. The minimum atomic E-state index is -3.84. The summed E-state index contributed by atoms with van der Waals surface area (Å²) in [7, 11) is -0.731. The van der Waals surface area contributed by atoms with E-state index in [1.807, 2.05) is 23.1 Å². The Kier molecular flexibility index (Phi) is 6.35. The number of halogens is 2. The standard InChI is InChI=1S/C20H21F2N3O4S/c1-28-17-7-6-13(9-18(17)29-2)11-25-8-4-5-14(12-25)15-10-16(19(21)22)24-20(23-15)30(3,26)27/h4-7,9-10,12,19H,8,11H2,1-3H3. The van der Waals surface area contributed by atoms with Gasteiger partial charge < -0.3 is 14.4 Å². The summed E-state index contributed by atoms with van der Waals surface area (Å²) in [5.41, 5.74) is 0.947. The van der Waals surface area contributed by atoms with Crippen molar-refractivity contribution in [3.63, 3.8) is 0 Å². The van der Waals surface area contributed by atoms with Gasteiger partial charge in [0.2, 0.25) is 15.0 Å². The van der Waals surface area contributed by atoms with Gasteiger partial charge in [0.15, 0.2) is 11.5 Å². The topological polar surface area (TPSA) is 81.6 Å². The lowest BCUT2D eigenvalue weighted by Gasteiger charge is -2.24. The molecule has 3 rings (SSSR count). The van der Waals surface area contributed by atoms with Gasteiger partial charge >= 0.3 is 0 Å². The summed E-state index contributed by atoms with van der Waals surface area (Å²) >= 11 is 0. The van der Waals surface area contributed by atoms with E-state index in [-0.39, 0.29) is 5.69 Å². The van der Waals surface area contributed by atoms with E-state index in [4.69, 9.17) is 9.47 Å². The average molecular weight is 437 g/mol. The molecule has 0 N–H and O–H groups in total. The van der Waals surface area contributed by atoms with Gasteiger partial charge in [-0.25, -0.2) is 27.2 Å². The van der Waals surface area contributed by atoms with Gasteiger partial charge in [-0.1, -0.05) is 18.2 Å². The van der Waals surface area contributed by atoms with Crippen LogP contribution in [0.2, 0.25) is 0 Å². The number of rotatable bonds is 7. The largest absolute Gasteiger partial charge is 0.493 e. The van der Waals surface area contributed by atoms with Crippen molar-refractivity contribution in [1.82, 2.24) is 14.9 Å². The molecule has 30 heavy (non-hydrogen) atoms. The van der Waals surface area contributed by atoms with Crippen LogP contribution in [0.25, 0.3) is 5.57 Å². The van der Waals surface area contributed by atoms with Crippen LogP contribution >= 0.6 is 0 Å². The first-order chi connectivity index (χ1) is 14.2. The Balaban J connectivity index is 1.92. The molecule has 0 radical (unpaired) electrons. The molecule has 160 valence electrons. The third-order valence-electron chi connectivity index (χ3n) is 4.37. The van der Waals surface area contributed by atoms with Crippen LogP contribution in [0.3, 0.4) is 0 Å². The summed E-state index contributed by atoms with van der Waals surface area (Å²) in [6.45, 7) is 1.10. The molecule has 1 aliphatic heterocycles. The molecule has 2 aromatic rings. The molecular formula is C20H21F2N3O4S. The van der Waals surface area contributed by atoms with Gasteiger partial charge in [0, 0.05) is 31.1 Å². The van der Waals surface area contributed by atoms with E-state index in [0.717, 1.165) is 17.9 Å². The predicted octanol–water partition coefficient (Wildman–Crippen LogP) is 3.25. The number of hydrogen-bond donors (Lipinski definition) is 0. The number of nitrogens with zero attached hydrogens (tertiary/aromatic N) is 3. The monoisotopic (exact) mass is 437 g/mol. The third-order valence-corrected chi connectivity index (χ3v) is 5.21. The second-order valence-electron chi connectivity index (χ2n) is 6.64. The molecule has 10 heteroatoms. The van der Waals surface area contributed by atoms with E-state index in [2.05, 4.69) is 9.97 Å². The first kappa shape index (κ1) is 21.7. The minimum absolute atomic E-state index is 0.119. The lowest BCUT2D eigenvalue weighted by atomic mass is 10.1. The molecule has 1 aromatic carbocycles. The van der Waals surface area contributed by atoms with Gasteiger partial charge in [-0.2, -0.15) is 0 Å². The maximum absolute atomic E-state index is 13.2. The number of aromatic nitrogens is 2. The van der Waals surface area contributed by atoms with Crippen molar-refractivity contribution in [2.75, 3.05) is 27.0 Å². The summed E-state index contributed by atoms with van der Waals surface area (Å²) in [6.07, 6.45) is 3.29. The normalized spacial score (nSPS) is 14.1. The Morgan fingerprint density at radius 1 is 1.13 bits per heavy atom. The highest BCUT2D eigenvalue weighted by molar-refractivity contribution is 7.90. The second-order valence-corrected chi connectivity index (χ2v) is 8.55.